The minimum atomic E-state index is 0.215. The summed E-state index contributed by atoms with van der Waals surface area (Å²) in [5, 5.41) is 0. The summed E-state index contributed by atoms with van der Waals surface area (Å²) in [5.74, 6) is 0.647. The van der Waals surface area contributed by atoms with Crippen LogP contribution < -0.4 is 4.90 Å². The van der Waals surface area contributed by atoms with Gasteiger partial charge in [0.2, 0.25) is 0 Å². The predicted molar refractivity (Wildman–Crippen MR) is 68.9 cm³/mol. The second kappa shape index (κ2) is 5.01. The monoisotopic (exact) mass is 232 g/mol. The van der Waals surface area contributed by atoms with Crippen molar-refractivity contribution in [3.63, 3.8) is 0 Å². The van der Waals surface area contributed by atoms with E-state index in [9.17, 15) is 4.79 Å². The largest absolute Gasteiger partial charge is 0.326 e. The number of piperidine rings is 1. The Labute approximate surface area is 104 Å². The van der Waals surface area contributed by atoms with Gasteiger partial charge in [0, 0.05) is 5.56 Å². The smallest absolute Gasteiger partial charge is 0.147 e. The molecule has 0 bridgehead atoms. The van der Waals surface area contributed by atoms with Crippen LogP contribution in [0.5, 0.6) is 0 Å². The number of quaternary nitrogens is 1. The third-order valence-electron chi connectivity index (χ3n) is 4.09. The first kappa shape index (κ1) is 12.3. The van der Waals surface area contributed by atoms with Crippen molar-refractivity contribution in [1.29, 1.82) is 0 Å². The van der Waals surface area contributed by atoms with Crippen LogP contribution in [0.4, 0.5) is 0 Å². The molecule has 17 heavy (non-hydrogen) atoms. The molecule has 1 aromatic rings. The lowest BCUT2D eigenvalue weighted by atomic mass is 9.91. The topological polar surface area (TPSA) is 21.5 Å². The minimum absolute atomic E-state index is 0.215. The van der Waals surface area contributed by atoms with Crippen molar-refractivity contribution in [2.24, 2.45) is 5.92 Å². The molecule has 2 nitrogen and oxygen atoms in total. The number of likely N-dealkylation sites (tertiary alicyclic amines) is 1. The van der Waals surface area contributed by atoms with E-state index in [-0.39, 0.29) is 5.92 Å². The lowest BCUT2D eigenvalue weighted by Crippen LogP contribution is -3.17. The third-order valence-corrected chi connectivity index (χ3v) is 4.09. The van der Waals surface area contributed by atoms with Gasteiger partial charge < -0.3 is 4.90 Å². The van der Waals surface area contributed by atoms with Crippen molar-refractivity contribution in [1.82, 2.24) is 0 Å². The van der Waals surface area contributed by atoms with Crippen LogP contribution in [0.3, 0.4) is 0 Å². The predicted octanol–water partition coefficient (Wildman–Crippen LogP) is 1.63. The van der Waals surface area contributed by atoms with Gasteiger partial charge in [-0.25, -0.2) is 0 Å². The summed E-state index contributed by atoms with van der Waals surface area (Å²) in [6.45, 7) is 7.49. The highest BCUT2D eigenvalue weighted by atomic mass is 16.1. The first-order valence-electron chi connectivity index (χ1n) is 6.53. The molecule has 1 saturated heterocycles. The lowest BCUT2D eigenvalue weighted by molar-refractivity contribution is -0.956. The van der Waals surface area contributed by atoms with Crippen LogP contribution in [0.2, 0.25) is 0 Å². The standard InChI is InChI=1S/C15H21NO/c1-11-10-16(12(2)9-15(11)17)13(3)14-7-5-4-6-8-14/h4-8,11-13H,9-10H2,1-3H3/p+1/t11-,12-,13+/m1/s1. The number of nitrogens with one attached hydrogen (secondary N) is 1. The normalized spacial score (nSPS) is 31.2. The molecule has 1 aromatic carbocycles. The number of benzene rings is 1. The second-order valence-corrected chi connectivity index (χ2v) is 5.38. The zero-order chi connectivity index (χ0) is 12.4. The molecule has 1 heterocycles. The molecule has 2 heteroatoms. The molecule has 0 aromatic heterocycles. The van der Waals surface area contributed by atoms with E-state index in [1.165, 1.54) is 5.56 Å². The summed E-state index contributed by atoms with van der Waals surface area (Å²) in [6.07, 6.45) is 0.730. The lowest BCUT2D eigenvalue weighted by Gasteiger charge is -2.37. The van der Waals surface area contributed by atoms with Crippen molar-refractivity contribution in [3.8, 4) is 0 Å². The van der Waals surface area contributed by atoms with E-state index < -0.39 is 0 Å². The number of carbonyl (C=O) groups excluding carboxylic acids is 1. The molecule has 1 unspecified atom stereocenters. The van der Waals surface area contributed by atoms with Crippen LogP contribution in [0.25, 0.3) is 0 Å². The summed E-state index contributed by atoms with van der Waals surface area (Å²) >= 11 is 0. The fourth-order valence-corrected chi connectivity index (χ4v) is 2.86. The Hall–Kier alpha value is -1.15. The molecule has 0 amide bonds. The molecule has 0 spiro atoms. The minimum Gasteiger partial charge on any atom is -0.326 e. The van der Waals surface area contributed by atoms with E-state index in [0.29, 0.717) is 17.9 Å². The van der Waals surface area contributed by atoms with Crippen LogP contribution in [-0.2, 0) is 4.79 Å². The van der Waals surface area contributed by atoms with E-state index in [2.05, 4.69) is 51.1 Å². The fourth-order valence-electron chi connectivity index (χ4n) is 2.86. The number of rotatable bonds is 2. The molecule has 0 aliphatic carbocycles. The molecule has 1 aliphatic heterocycles. The van der Waals surface area contributed by atoms with Gasteiger partial charge in [0.1, 0.15) is 11.8 Å². The molecular weight excluding hydrogens is 210 g/mol. The van der Waals surface area contributed by atoms with Gasteiger partial charge in [0.15, 0.2) is 0 Å². The van der Waals surface area contributed by atoms with E-state index >= 15 is 0 Å². The van der Waals surface area contributed by atoms with Gasteiger partial charge in [-0.15, -0.1) is 0 Å². The van der Waals surface area contributed by atoms with Crippen molar-refractivity contribution in [3.05, 3.63) is 35.9 Å². The molecule has 0 radical (unpaired) electrons. The first-order valence-corrected chi connectivity index (χ1v) is 6.53. The van der Waals surface area contributed by atoms with Crippen molar-refractivity contribution in [2.45, 2.75) is 39.3 Å². The summed E-state index contributed by atoms with van der Waals surface area (Å²) in [5.41, 5.74) is 1.37. The molecule has 0 saturated carbocycles. The maximum Gasteiger partial charge on any atom is 0.147 e. The van der Waals surface area contributed by atoms with Gasteiger partial charge in [-0.1, -0.05) is 37.3 Å². The highest BCUT2D eigenvalue weighted by molar-refractivity contribution is 5.81. The van der Waals surface area contributed by atoms with Gasteiger partial charge in [0.25, 0.3) is 0 Å². The van der Waals surface area contributed by atoms with Crippen LogP contribution in [-0.4, -0.2) is 18.4 Å². The Bertz CT molecular complexity index is 387. The molecule has 4 atom stereocenters. The number of carbonyl (C=O) groups is 1. The van der Waals surface area contributed by atoms with Gasteiger partial charge >= 0.3 is 0 Å². The van der Waals surface area contributed by atoms with Crippen molar-refractivity contribution < 1.29 is 9.69 Å². The molecule has 1 aliphatic rings. The maximum absolute atomic E-state index is 11.7. The highest BCUT2D eigenvalue weighted by Gasteiger charge is 2.35. The van der Waals surface area contributed by atoms with E-state index in [4.69, 9.17) is 0 Å². The summed E-state index contributed by atoms with van der Waals surface area (Å²) in [4.78, 5) is 13.2. The zero-order valence-corrected chi connectivity index (χ0v) is 10.9. The van der Waals surface area contributed by atoms with E-state index in [0.717, 1.165) is 13.0 Å². The Kier molecular flexibility index (Phi) is 3.63. The number of hydrogen-bond donors (Lipinski definition) is 1. The average molecular weight is 232 g/mol. The van der Waals surface area contributed by atoms with E-state index in [1.54, 1.807) is 4.90 Å². The van der Waals surface area contributed by atoms with Crippen molar-refractivity contribution >= 4 is 5.78 Å². The zero-order valence-electron chi connectivity index (χ0n) is 10.9. The molecular formula is C15H22NO+. The average Bonchev–Trinajstić information content (AvgIpc) is 2.34. The van der Waals surface area contributed by atoms with Crippen LogP contribution in [0.15, 0.2) is 30.3 Å². The van der Waals surface area contributed by atoms with Crippen LogP contribution >= 0.6 is 0 Å². The Morgan fingerprint density at radius 2 is 1.88 bits per heavy atom. The Balaban J connectivity index is 2.14. The summed E-state index contributed by atoms with van der Waals surface area (Å²) < 4.78 is 0. The first-order chi connectivity index (χ1) is 8.09. The second-order valence-electron chi connectivity index (χ2n) is 5.38. The number of Topliss-reactive ketones (excluding diaryl/α,β-unsaturated/α-hetero) is 1. The number of hydrogen-bond acceptors (Lipinski definition) is 1. The van der Waals surface area contributed by atoms with Gasteiger partial charge in [-0.3, -0.25) is 4.79 Å². The Morgan fingerprint density at radius 3 is 2.53 bits per heavy atom. The van der Waals surface area contributed by atoms with Gasteiger partial charge in [0.05, 0.1) is 24.9 Å². The van der Waals surface area contributed by atoms with Crippen LogP contribution in [0.1, 0.15) is 38.8 Å². The molecule has 1 fully saturated rings. The summed E-state index contributed by atoms with van der Waals surface area (Å²) in [6, 6.07) is 11.5. The third kappa shape index (κ3) is 2.58. The molecule has 1 N–H and O–H groups in total. The highest BCUT2D eigenvalue weighted by Crippen LogP contribution is 2.13. The SMILES string of the molecule is C[C@@H]1C[NH+]([C@@H](C)c2ccccc2)[C@H](C)CC1=O. The van der Waals surface area contributed by atoms with Gasteiger partial charge in [-0.2, -0.15) is 0 Å². The Morgan fingerprint density at radius 1 is 1.24 bits per heavy atom. The van der Waals surface area contributed by atoms with Gasteiger partial charge in [-0.05, 0) is 13.8 Å². The molecule has 2 rings (SSSR count). The summed E-state index contributed by atoms with van der Waals surface area (Å²) in [7, 11) is 0. The maximum atomic E-state index is 11.7. The quantitative estimate of drug-likeness (QED) is 0.822. The molecule has 92 valence electrons. The fraction of sp³-hybridized carbons (Fsp3) is 0.533. The van der Waals surface area contributed by atoms with Crippen LogP contribution in [0, 0.1) is 5.92 Å². The number of ketones is 1. The van der Waals surface area contributed by atoms with E-state index in [1.807, 2.05) is 0 Å². The van der Waals surface area contributed by atoms with Crippen molar-refractivity contribution in [2.75, 3.05) is 6.54 Å².